The fourth-order valence-electron chi connectivity index (χ4n) is 2.13. The van der Waals surface area contributed by atoms with Crippen LogP contribution in [-0.4, -0.2) is 37.2 Å². The van der Waals surface area contributed by atoms with Crippen LogP contribution in [-0.2, 0) is 4.74 Å². The lowest BCUT2D eigenvalue weighted by atomic mass is 9.93. The standard InChI is InChI=1S/C11H16N2O/c12-9-10-1-3-11(4-2-10)13-5-7-14-8-6-13/h1,3,10-11H,2,4-8H2. The van der Waals surface area contributed by atoms with Crippen molar-refractivity contribution < 1.29 is 4.74 Å². The maximum absolute atomic E-state index is 8.75. The van der Waals surface area contributed by atoms with Crippen LogP contribution in [0.3, 0.4) is 0 Å². The van der Waals surface area contributed by atoms with Gasteiger partial charge < -0.3 is 4.74 Å². The first-order valence-electron chi connectivity index (χ1n) is 5.30. The summed E-state index contributed by atoms with van der Waals surface area (Å²) >= 11 is 0. The van der Waals surface area contributed by atoms with Crippen LogP contribution in [0.2, 0.25) is 0 Å². The van der Waals surface area contributed by atoms with Crippen LogP contribution in [0.25, 0.3) is 0 Å². The molecule has 3 nitrogen and oxygen atoms in total. The van der Waals surface area contributed by atoms with Crippen molar-refractivity contribution in [3.63, 3.8) is 0 Å². The zero-order valence-corrected chi connectivity index (χ0v) is 8.35. The lowest BCUT2D eigenvalue weighted by Crippen LogP contribution is -2.43. The van der Waals surface area contributed by atoms with Crippen molar-refractivity contribution in [2.45, 2.75) is 18.9 Å². The van der Waals surface area contributed by atoms with Gasteiger partial charge in [0.1, 0.15) is 0 Å². The predicted molar refractivity (Wildman–Crippen MR) is 53.7 cm³/mol. The van der Waals surface area contributed by atoms with Crippen molar-refractivity contribution in [3.8, 4) is 6.07 Å². The molecule has 1 aliphatic carbocycles. The molecule has 2 rings (SSSR count). The van der Waals surface area contributed by atoms with E-state index in [2.05, 4.69) is 23.1 Å². The van der Waals surface area contributed by atoms with E-state index < -0.39 is 0 Å². The van der Waals surface area contributed by atoms with Gasteiger partial charge in [0, 0.05) is 19.1 Å². The Morgan fingerprint density at radius 3 is 2.57 bits per heavy atom. The monoisotopic (exact) mass is 192 g/mol. The SMILES string of the molecule is N#CC1C=CC(N2CCOCC2)CC1. The molecule has 0 N–H and O–H groups in total. The third-order valence-corrected chi connectivity index (χ3v) is 3.02. The minimum absolute atomic E-state index is 0.146. The molecule has 14 heavy (non-hydrogen) atoms. The summed E-state index contributed by atoms with van der Waals surface area (Å²) in [5.41, 5.74) is 0. The van der Waals surface area contributed by atoms with Gasteiger partial charge in [-0.3, -0.25) is 4.90 Å². The van der Waals surface area contributed by atoms with Crippen molar-refractivity contribution in [1.29, 1.82) is 5.26 Å². The predicted octanol–water partition coefficient (Wildman–Crippen LogP) is 1.18. The van der Waals surface area contributed by atoms with E-state index in [-0.39, 0.29) is 5.92 Å². The molecule has 1 aliphatic heterocycles. The Bertz CT molecular complexity index is 251. The molecular formula is C11H16N2O. The lowest BCUT2D eigenvalue weighted by molar-refractivity contribution is 0.0227. The second-order valence-electron chi connectivity index (χ2n) is 3.91. The highest BCUT2D eigenvalue weighted by Crippen LogP contribution is 2.21. The molecule has 1 saturated heterocycles. The van der Waals surface area contributed by atoms with Gasteiger partial charge in [0.2, 0.25) is 0 Å². The van der Waals surface area contributed by atoms with E-state index in [4.69, 9.17) is 10.00 Å². The normalized spacial score (nSPS) is 33.9. The van der Waals surface area contributed by atoms with Gasteiger partial charge in [-0.15, -0.1) is 0 Å². The zero-order chi connectivity index (χ0) is 9.80. The van der Waals surface area contributed by atoms with Crippen molar-refractivity contribution in [2.24, 2.45) is 5.92 Å². The third kappa shape index (κ3) is 2.14. The van der Waals surface area contributed by atoms with Crippen molar-refractivity contribution in [3.05, 3.63) is 12.2 Å². The second kappa shape index (κ2) is 4.59. The number of rotatable bonds is 1. The van der Waals surface area contributed by atoms with E-state index >= 15 is 0 Å². The number of ether oxygens (including phenoxy) is 1. The minimum Gasteiger partial charge on any atom is -0.379 e. The summed E-state index contributed by atoms with van der Waals surface area (Å²) in [5.74, 6) is 0.146. The number of hydrogen-bond acceptors (Lipinski definition) is 3. The number of morpholine rings is 1. The van der Waals surface area contributed by atoms with Gasteiger partial charge in [-0.2, -0.15) is 5.26 Å². The molecule has 0 radical (unpaired) electrons. The van der Waals surface area contributed by atoms with E-state index in [0.29, 0.717) is 6.04 Å². The zero-order valence-electron chi connectivity index (χ0n) is 8.35. The Morgan fingerprint density at radius 1 is 1.21 bits per heavy atom. The molecule has 76 valence electrons. The van der Waals surface area contributed by atoms with Gasteiger partial charge in [0.15, 0.2) is 0 Å². The molecule has 2 unspecified atom stereocenters. The van der Waals surface area contributed by atoms with Gasteiger partial charge in [0.25, 0.3) is 0 Å². The maximum Gasteiger partial charge on any atom is 0.0697 e. The van der Waals surface area contributed by atoms with Gasteiger partial charge >= 0.3 is 0 Å². The van der Waals surface area contributed by atoms with Gasteiger partial charge in [-0.25, -0.2) is 0 Å². The van der Waals surface area contributed by atoms with E-state index in [0.717, 1.165) is 39.1 Å². The quantitative estimate of drug-likeness (QED) is 0.585. The smallest absolute Gasteiger partial charge is 0.0697 e. The van der Waals surface area contributed by atoms with Gasteiger partial charge in [-0.05, 0) is 12.8 Å². The van der Waals surface area contributed by atoms with Crippen LogP contribution >= 0.6 is 0 Å². The highest BCUT2D eigenvalue weighted by Gasteiger charge is 2.22. The second-order valence-corrected chi connectivity index (χ2v) is 3.91. The Kier molecular flexibility index (Phi) is 3.18. The topological polar surface area (TPSA) is 36.3 Å². The molecule has 1 heterocycles. The summed E-state index contributed by atoms with van der Waals surface area (Å²) < 4.78 is 5.31. The van der Waals surface area contributed by atoms with E-state index in [9.17, 15) is 0 Å². The third-order valence-electron chi connectivity index (χ3n) is 3.02. The average molecular weight is 192 g/mol. The molecule has 1 fully saturated rings. The number of nitrogens with zero attached hydrogens (tertiary/aromatic N) is 2. The summed E-state index contributed by atoms with van der Waals surface area (Å²) in [6.07, 6.45) is 6.39. The first kappa shape index (κ1) is 9.70. The van der Waals surface area contributed by atoms with Crippen LogP contribution in [0, 0.1) is 17.2 Å². The van der Waals surface area contributed by atoms with E-state index in [1.165, 1.54) is 0 Å². The van der Waals surface area contributed by atoms with Crippen LogP contribution in [0.1, 0.15) is 12.8 Å². The van der Waals surface area contributed by atoms with Crippen LogP contribution < -0.4 is 0 Å². The first-order valence-corrected chi connectivity index (χ1v) is 5.30. The fraction of sp³-hybridized carbons (Fsp3) is 0.727. The molecule has 2 aliphatic rings. The van der Waals surface area contributed by atoms with Crippen molar-refractivity contribution in [2.75, 3.05) is 26.3 Å². The number of allylic oxidation sites excluding steroid dienone is 1. The molecule has 2 atom stereocenters. The lowest BCUT2D eigenvalue weighted by Gasteiger charge is -2.34. The summed E-state index contributed by atoms with van der Waals surface area (Å²) in [6, 6.07) is 2.84. The molecule has 0 saturated carbocycles. The van der Waals surface area contributed by atoms with Crippen LogP contribution in [0.5, 0.6) is 0 Å². The number of nitriles is 1. The summed E-state index contributed by atoms with van der Waals surface area (Å²) in [7, 11) is 0. The molecule has 0 spiro atoms. The molecule has 0 bridgehead atoms. The Balaban J connectivity index is 1.90. The molecule has 0 aromatic carbocycles. The summed E-state index contributed by atoms with van der Waals surface area (Å²) in [4.78, 5) is 2.45. The van der Waals surface area contributed by atoms with Crippen LogP contribution in [0.4, 0.5) is 0 Å². The fourth-order valence-corrected chi connectivity index (χ4v) is 2.13. The molecule has 3 heteroatoms. The van der Waals surface area contributed by atoms with E-state index in [1.54, 1.807) is 0 Å². The Morgan fingerprint density at radius 2 is 2.00 bits per heavy atom. The summed E-state index contributed by atoms with van der Waals surface area (Å²) in [6.45, 7) is 3.77. The highest BCUT2D eigenvalue weighted by molar-refractivity contribution is 5.09. The molecular weight excluding hydrogens is 176 g/mol. The molecule has 0 aromatic rings. The van der Waals surface area contributed by atoms with E-state index in [1.807, 2.05) is 0 Å². The minimum atomic E-state index is 0.146. The number of hydrogen-bond donors (Lipinski definition) is 0. The summed E-state index contributed by atoms with van der Waals surface area (Å²) in [5, 5.41) is 8.75. The largest absolute Gasteiger partial charge is 0.379 e. The van der Waals surface area contributed by atoms with Crippen molar-refractivity contribution >= 4 is 0 Å². The molecule has 0 amide bonds. The van der Waals surface area contributed by atoms with Gasteiger partial charge in [-0.1, -0.05) is 12.2 Å². The van der Waals surface area contributed by atoms with Crippen molar-refractivity contribution in [1.82, 2.24) is 4.90 Å². The highest BCUT2D eigenvalue weighted by atomic mass is 16.5. The average Bonchev–Trinajstić information content (AvgIpc) is 2.30. The molecule has 0 aromatic heterocycles. The Hall–Kier alpha value is -0.850. The maximum atomic E-state index is 8.75. The van der Waals surface area contributed by atoms with Crippen LogP contribution in [0.15, 0.2) is 12.2 Å². The van der Waals surface area contributed by atoms with Gasteiger partial charge in [0.05, 0.1) is 25.2 Å². The first-order chi connectivity index (χ1) is 6.90. The Labute approximate surface area is 85.0 Å².